The van der Waals surface area contributed by atoms with Crippen LogP contribution in [0.1, 0.15) is 97.0 Å². The third-order valence-corrected chi connectivity index (χ3v) is 9.95. The Morgan fingerprint density at radius 1 is 1.29 bits per heavy atom. The molecule has 2 N–H and O–H groups in total. The van der Waals surface area contributed by atoms with Crippen molar-refractivity contribution in [2.75, 3.05) is 18.8 Å². The lowest BCUT2D eigenvalue weighted by atomic mass is 9.59. The second-order valence-corrected chi connectivity index (χ2v) is 11.9. The van der Waals surface area contributed by atoms with Crippen molar-refractivity contribution in [3.05, 3.63) is 57.4 Å². The molecule has 1 aromatic carbocycles. The van der Waals surface area contributed by atoms with E-state index in [0.29, 0.717) is 30.1 Å². The largest absolute Gasteiger partial charge is 0.398 e. The van der Waals surface area contributed by atoms with Crippen LogP contribution in [0.15, 0.2) is 18.2 Å². The highest BCUT2D eigenvalue weighted by atomic mass is 19.1. The average Bonchev–Trinajstić information content (AvgIpc) is 3.36. The summed E-state index contributed by atoms with van der Waals surface area (Å²) in [6.07, 6.45) is 9.39. The van der Waals surface area contributed by atoms with Crippen LogP contribution in [0.4, 0.5) is 10.1 Å². The van der Waals surface area contributed by atoms with Crippen LogP contribution in [0, 0.1) is 18.3 Å². The van der Waals surface area contributed by atoms with Gasteiger partial charge in [0.15, 0.2) is 0 Å². The summed E-state index contributed by atoms with van der Waals surface area (Å²) < 4.78 is 14.3. The van der Waals surface area contributed by atoms with Gasteiger partial charge in [0.2, 0.25) is 0 Å². The first kappa shape index (κ1) is 23.0. The minimum Gasteiger partial charge on any atom is -0.398 e. The van der Waals surface area contributed by atoms with Crippen LogP contribution in [0.5, 0.6) is 0 Å². The summed E-state index contributed by atoms with van der Waals surface area (Å²) in [6, 6.07) is 8.89. The lowest BCUT2D eigenvalue weighted by molar-refractivity contribution is 0.182. The highest BCUT2D eigenvalue weighted by Crippen LogP contribution is 2.51. The van der Waals surface area contributed by atoms with Crippen molar-refractivity contribution in [3.8, 4) is 6.07 Å². The van der Waals surface area contributed by atoms with E-state index in [2.05, 4.69) is 36.9 Å². The predicted molar refractivity (Wildman–Crippen MR) is 137 cm³/mol. The van der Waals surface area contributed by atoms with Crippen LogP contribution in [-0.2, 0) is 24.7 Å². The third-order valence-electron chi connectivity index (χ3n) is 9.95. The van der Waals surface area contributed by atoms with Gasteiger partial charge in [-0.25, -0.2) is 4.39 Å². The van der Waals surface area contributed by atoms with Gasteiger partial charge in [-0.2, -0.15) is 5.26 Å². The maximum Gasteiger partial charge on any atom is 0.115 e. The number of benzene rings is 1. The standard InChI is InChI=1S/C30H37FN4/c1-19-6-10-29(28-23(19)4-5-25(33)24(28)17-32)11-7-21-14-20(2)26(34-27(21)16-29)8-12-30-9-3-13-35(30)18-22(31)15-30/h4-5,14,19,22H,3,6-13,15-16,18,33H2,1-2H3. The Kier molecular flexibility index (Phi) is 5.45. The molecule has 4 aliphatic rings. The van der Waals surface area contributed by atoms with Gasteiger partial charge in [-0.1, -0.05) is 19.1 Å². The number of rotatable bonds is 3. The van der Waals surface area contributed by atoms with Crippen LogP contribution in [0.25, 0.3) is 0 Å². The molecule has 5 heteroatoms. The summed E-state index contributed by atoms with van der Waals surface area (Å²) in [7, 11) is 0. The first-order chi connectivity index (χ1) is 16.8. The fraction of sp³-hybridized carbons (Fsp3) is 0.600. The fourth-order valence-corrected chi connectivity index (χ4v) is 8.06. The number of alkyl halides is 1. The number of fused-ring (bicyclic) bond motifs is 4. The first-order valence-electron chi connectivity index (χ1n) is 13.5. The van der Waals surface area contributed by atoms with E-state index < -0.39 is 6.17 Å². The molecule has 4 atom stereocenters. The minimum atomic E-state index is -0.678. The zero-order chi connectivity index (χ0) is 24.4. The molecule has 1 spiro atoms. The lowest BCUT2D eigenvalue weighted by Gasteiger charge is -2.45. The monoisotopic (exact) mass is 472 g/mol. The van der Waals surface area contributed by atoms with Gasteiger partial charge in [0.05, 0.1) is 5.56 Å². The predicted octanol–water partition coefficient (Wildman–Crippen LogP) is 5.68. The van der Waals surface area contributed by atoms with Gasteiger partial charge in [0.1, 0.15) is 12.2 Å². The number of nitrogen functional groups attached to an aromatic ring is 1. The number of hydrogen-bond donors (Lipinski definition) is 1. The van der Waals surface area contributed by atoms with Crippen molar-refractivity contribution in [1.82, 2.24) is 9.88 Å². The quantitative estimate of drug-likeness (QED) is 0.584. The number of halogens is 1. The van der Waals surface area contributed by atoms with Gasteiger partial charge in [-0.05, 0) is 112 Å². The van der Waals surface area contributed by atoms with Crippen LogP contribution in [-0.4, -0.2) is 34.7 Å². The maximum atomic E-state index is 14.3. The van der Waals surface area contributed by atoms with Crippen molar-refractivity contribution >= 4 is 5.69 Å². The summed E-state index contributed by atoms with van der Waals surface area (Å²) in [5, 5.41) is 10.0. The molecule has 0 amide bonds. The topological polar surface area (TPSA) is 65.9 Å². The van der Waals surface area contributed by atoms with Crippen LogP contribution in [0.2, 0.25) is 0 Å². The summed E-state index contributed by atoms with van der Waals surface area (Å²) in [5.74, 6) is 0.450. The maximum absolute atomic E-state index is 14.3. The lowest BCUT2D eigenvalue weighted by Crippen LogP contribution is -2.39. The van der Waals surface area contributed by atoms with E-state index in [1.807, 2.05) is 6.07 Å². The van der Waals surface area contributed by atoms with Gasteiger partial charge >= 0.3 is 0 Å². The van der Waals surface area contributed by atoms with E-state index in [1.54, 1.807) is 0 Å². The normalized spacial score (nSPS) is 31.7. The summed E-state index contributed by atoms with van der Waals surface area (Å²) in [4.78, 5) is 7.71. The Morgan fingerprint density at radius 3 is 2.97 bits per heavy atom. The molecule has 2 saturated heterocycles. The fourth-order valence-electron chi connectivity index (χ4n) is 8.06. The van der Waals surface area contributed by atoms with E-state index in [-0.39, 0.29) is 11.0 Å². The van der Waals surface area contributed by atoms with Gasteiger partial charge in [0, 0.05) is 34.6 Å². The molecule has 3 heterocycles. The van der Waals surface area contributed by atoms with Crippen LogP contribution >= 0.6 is 0 Å². The molecule has 35 heavy (non-hydrogen) atoms. The number of nitriles is 1. The molecule has 4 nitrogen and oxygen atoms in total. The van der Waals surface area contributed by atoms with E-state index >= 15 is 0 Å². The average molecular weight is 473 g/mol. The van der Waals surface area contributed by atoms with Crippen LogP contribution < -0.4 is 5.73 Å². The number of anilines is 1. The molecule has 1 aromatic heterocycles. The Hall–Kier alpha value is -2.45. The zero-order valence-corrected chi connectivity index (χ0v) is 21.2. The van der Waals surface area contributed by atoms with E-state index in [1.165, 1.54) is 40.1 Å². The Morgan fingerprint density at radius 2 is 2.14 bits per heavy atom. The highest BCUT2D eigenvalue weighted by Gasteiger charge is 2.48. The number of hydrogen-bond acceptors (Lipinski definition) is 4. The number of nitrogens with two attached hydrogens (primary N) is 1. The van der Waals surface area contributed by atoms with Crippen molar-refractivity contribution < 1.29 is 4.39 Å². The SMILES string of the molecule is Cc1cc2c(nc1CCC13CCCN1CC(F)C3)CC1(CC2)CCC(C)c2ccc(N)c(C#N)c21. The summed E-state index contributed by atoms with van der Waals surface area (Å²) >= 11 is 0. The Bertz CT molecular complexity index is 1220. The van der Waals surface area contributed by atoms with Gasteiger partial charge < -0.3 is 5.73 Å². The van der Waals surface area contributed by atoms with E-state index in [9.17, 15) is 9.65 Å². The zero-order valence-electron chi connectivity index (χ0n) is 21.2. The second-order valence-electron chi connectivity index (χ2n) is 11.9. The molecule has 0 saturated carbocycles. The van der Waals surface area contributed by atoms with Gasteiger partial charge in [0.25, 0.3) is 0 Å². The second kappa shape index (κ2) is 8.30. The van der Waals surface area contributed by atoms with Crippen LogP contribution in [0.3, 0.4) is 0 Å². The summed E-state index contributed by atoms with van der Waals surface area (Å²) in [5.41, 5.74) is 15.1. The molecule has 2 fully saturated rings. The number of nitrogens with zero attached hydrogens (tertiary/aromatic N) is 3. The summed E-state index contributed by atoms with van der Waals surface area (Å²) in [6.45, 7) is 6.12. The number of aromatic nitrogens is 1. The van der Waals surface area contributed by atoms with Gasteiger partial charge in [-0.15, -0.1) is 0 Å². The van der Waals surface area contributed by atoms with E-state index in [0.717, 1.165) is 57.9 Å². The van der Waals surface area contributed by atoms with E-state index in [4.69, 9.17) is 10.7 Å². The molecule has 4 unspecified atom stereocenters. The van der Waals surface area contributed by atoms with Gasteiger partial charge in [-0.3, -0.25) is 9.88 Å². The number of pyridine rings is 1. The molecule has 184 valence electrons. The Balaban J connectivity index is 1.33. The van der Waals surface area contributed by atoms with Crippen molar-refractivity contribution in [3.63, 3.8) is 0 Å². The molecule has 2 aliphatic carbocycles. The molecular formula is C30H37FN4. The molecule has 0 radical (unpaired) electrons. The third kappa shape index (κ3) is 3.59. The molecular weight excluding hydrogens is 435 g/mol. The molecule has 6 rings (SSSR count). The smallest absolute Gasteiger partial charge is 0.115 e. The molecule has 2 aromatic rings. The first-order valence-corrected chi connectivity index (χ1v) is 13.5. The minimum absolute atomic E-state index is 0.0440. The molecule has 2 aliphatic heterocycles. The Labute approximate surface area is 208 Å². The van der Waals surface area contributed by atoms with Crippen molar-refractivity contribution in [2.24, 2.45) is 0 Å². The molecule has 0 bridgehead atoms. The highest BCUT2D eigenvalue weighted by molar-refractivity contribution is 5.64. The number of aryl methyl sites for hydroxylation is 3. The van der Waals surface area contributed by atoms with Crippen molar-refractivity contribution in [2.45, 2.75) is 101 Å². The van der Waals surface area contributed by atoms with Crippen molar-refractivity contribution in [1.29, 1.82) is 5.26 Å².